The van der Waals surface area contributed by atoms with E-state index >= 15 is 0 Å². The number of hydrogen-bond donors (Lipinski definition) is 1. The van der Waals surface area contributed by atoms with Gasteiger partial charge in [0.05, 0.1) is 10.6 Å². The monoisotopic (exact) mass is 380 g/mol. The maximum Gasteiger partial charge on any atom is 0.226 e. The number of carbonyl (C=O) groups is 2. The van der Waals surface area contributed by atoms with Crippen molar-refractivity contribution in [1.82, 2.24) is 5.32 Å². The number of amides is 2. The molecule has 144 valence electrons. The van der Waals surface area contributed by atoms with Crippen LogP contribution in [-0.2, 0) is 25.8 Å². The molecule has 1 heterocycles. The molecule has 0 aliphatic carbocycles. The van der Waals surface area contributed by atoms with Gasteiger partial charge in [-0.05, 0) is 57.9 Å². The smallest absolute Gasteiger partial charge is 0.226 e. The molecule has 0 bridgehead atoms. The molecular weight excluding hydrogens is 352 g/mol. The molecule has 1 aliphatic rings. The van der Waals surface area contributed by atoms with Crippen molar-refractivity contribution in [2.45, 2.75) is 70.4 Å². The van der Waals surface area contributed by atoms with E-state index in [1.165, 1.54) is 6.07 Å². The van der Waals surface area contributed by atoms with Gasteiger partial charge in [0, 0.05) is 30.1 Å². The van der Waals surface area contributed by atoms with Crippen molar-refractivity contribution in [1.29, 1.82) is 0 Å². The molecule has 1 aromatic rings. The van der Waals surface area contributed by atoms with Crippen LogP contribution in [0, 0.1) is 0 Å². The summed E-state index contributed by atoms with van der Waals surface area (Å²) in [5, 5.41) is 2.77. The summed E-state index contributed by atoms with van der Waals surface area (Å²) in [7, 11) is -3.56. The van der Waals surface area contributed by atoms with Crippen LogP contribution in [0.15, 0.2) is 23.1 Å². The molecule has 26 heavy (non-hydrogen) atoms. The molecule has 1 N–H and O–H groups in total. The predicted octanol–water partition coefficient (Wildman–Crippen LogP) is 2.45. The fourth-order valence-corrected chi connectivity index (χ4v) is 4.46. The highest BCUT2D eigenvalue weighted by Crippen LogP contribution is 2.34. The highest BCUT2D eigenvalue weighted by molar-refractivity contribution is 7.91. The quantitative estimate of drug-likeness (QED) is 0.850. The summed E-state index contributed by atoms with van der Waals surface area (Å²) in [5.74, 6) is -0.484. The molecular formula is C19H28N2O4S. The second-order valence-electron chi connectivity index (χ2n) is 7.83. The van der Waals surface area contributed by atoms with Crippen molar-refractivity contribution < 1.29 is 18.0 Å². The third kappa shape index (κ3) is 4.63. The third-order valence-corrected chi connectivity index (χ3v) is 6.02. The summed E-state index contributed by atoms with van der Waals surface area (Å²) >= 11 is 0. The lowest BCUT2D eigenvalue weighted by Gasteiger charge is -2.22. The van der Waals surface area contributed by atoms with Crippen molar-refractivity contribution in [2.24, 2.45) is 0 Å². The van der Waals surface area contributed by atoms with Crippen LogP contribution in [0.1, 0.15) is 53.0 Å². The molecule has 1 unspecified atom stereocenters. The van der Waals surface area contributed by atoms with Gasteiger partial charge in [-0.2, -0.15) is 0 Å². The normalized spacial score (nSPS) is 17.1. The molecule has 0 spiro atoms. The first-order valence-electron chi connectivity index (χ1n) is 8.93. The largest absolute Gasteiger partial charge is 0.351 e. The zero-order valence-electron chi connectivity index (χ0n) is 16.1. The molecule has 2 rings (SSSR count). The third-order valence-electron chi connectivity index (χ3n) is 4.31. The van der Waals surface area contributed by atoms with Crippen LogP contribution >= 0.6 is 0 Å². The maximum atomic E-state index is 12.6. The topological polar surface area (TPSA) is 83.6 Å². The number of carbonyl (C=O) groups excluding carboxylic acids is 2. The number of rotatable bonds is 5. The summed E-state index contributed by atoms with van der Waals surface area (Å²) in [6.45, 7) is 9.33. The second-order valence-corrected chi connectivity index (χ2v) is 9.94. The van der Waals surface area contributed by atoms with Crippen molar-refractivity contribution in [3.8, 4) is 0 Å². The first-order chi connectivity index (χ1) is 11.9. The van der Waals surface area contributed by atoms with E-state index in [2.05, 4.69) is 5.32 Å². The van der Waals surface area contributed by atoms with Crippen molar-refractivity contribution in [3.05, 3.63) is 23.8 Å². The molecule has 0 radical (unpaired) electrons. The fraction of sp³-hybridized carbons (Fsp3) is 0.579. The number of hydrogen-bond acceptors (Lipinski definition) is 4. The standard InChI is InChI=1S/C19H28N2O4S/c1-6-18(23)21-13(2)11-14-12-15(7-8-16(14)21)26(24,25)10-9-17(22)20-19(3,4)5/h7-8,12-13H,6,9-11H2,1-5H3,(H,20,22). The molecule has 2 amide bonds. The Labute approximate surface area is 155 Å². The number of nitrogens with one attached hydrogen (secondary N) is 1. The number of fused-ring (bicyclic) bond motifs is 1. The van der Waals surface area contributed by atoms with Crippen LogP contribution in [0.5, 0.6) is 0 Å². The minimum Gasteiger partial charge on any atom is -0.351 e. The van der Waals surface area contributed by atoms with E-state index in [1.807, 2.05) is 34.6 Å². The fourth-order valence-electron chi connectivity index (χ4n) is 3.18. The van der Waals surface area contributed by atoms with E-state index in [-0.39, 0.29) is 40.5 Å². The van der Waals surface area contributed by atoms with Gasteiger partial charge in [0.1, 0.15) is 0 Å². The van der Waals surface area contributed by atoms with E-state index in [0.717, 1.165) is 11.3 Å². The zero-order valence-corrected chi connectivity index (χ0v) is 16.9. The Bertz CT molecular complexity index is 809. The van der Waals surface area contributed by atoms with Gasteiger partial charge < -0.3 is 10.2 Å². The van der Waals surface area contributed by atoms with Crippen molar-refractivity contribution in [2.75, 3.05) is 10.7 Å². The lowest BCUT2D eigenvalue weighted by molar-refractivity contribution is -0.122. The number of benzene rings is 1. The van der Waals surface area contributed by atoms with Gasteiger partial charge in [0.15, 0.2) is 9.84 Å². The Morgan fingerprint density at radius 2 is 1.92 bits per heavy atom. The van der Waals surface area contributed by atoms with Crippen LogP contribution < -0.4 is 10.2 Å². The Kier molecular flexibility index (Phi) is 5.80. The highest BCUT2D eigenvalue weighted by atomic mass is 32.2. The van der Waals surface area contributed by atoms with Gasteiger partial charge in [-0.1, -0.05) is 6.92 Å². The van der Waals surface area contributed by atoms with Crippen LogP contribution in [0.2, 0.25) is 0 Å². The SMILES string of the molecule is CCC(=O)N1c2ccc(S(=O)(=O)CCC(=O)NC(C)(C)C)cc2CC1C. The predicted molar refractivity (Wildman–Crippen MR) is 102 cm³/mol. The Balaban J connectivity index is 2.16. The number of sulfone groups is 1. The zero-order chi connectivity index (χ0) is 19.7. The van der Waals surface area contributed by atoms with E-state index in [9.17, 15) is 18.0 Å². The Morgan fingerprint density at radius 1 is 1.27 bits per heavy atom. The lowest BCUT2D eigenvalue weighted by atomic mass is 10.1. The minimum atomic E-state index is -3.56. The first-order valence-corrected chi connectivity index (χ1v) is 10.6. The van der Waals surface area contributed by atoms with E-state index in [1.54, 1.807) is 17.0 Å². The van der Waals surface area contributed by atoms with Crippen LogP contribution in [-0.4, -0.2) is 37.6 Å². The van der Waals surface area contributed by atoms with Gasteiger partial charge in [-0.15, -0.1) is 0 Å². The molecule has 1 atom stereocenters. The average Bonchev–Trinajstić information content (AvgIpc) is 2.85. The molecule has 1 aromatic carbocycles. The molecule has 6 nitrogen and oxygen atoms in total. The second kappa shape index (κ2) is 7.39. The lowest BCUT2D eigenvalue weighted by Crippen LogP contribution is -2.41. The summed E-state index contributed by atoms with van der Waals surface area (Å²) in [4.78, 5) is 26.0. The maximum absolute atomic E-state index is 12.6. The van der Waals surface area contributed by atoms with E-state index in [4.69, 9.17) is 0 Å². The van der Waals surface area contributed by atoms with Gasteiger partial charge in [-0.25, -0.2) is 8.42 Å². The van der Waals surface area contributed by atoms with E-state index < -0.39 is 9.84 Å². The van der Waals surface area contributed by atoms with Crippen LogP contribution in [0.3, 0.4) is 0 Å². The average molecular weight is 381 g/mol. The summed E-state index contributed by atoms with van der Waals surface area (Å²) < 4.78 is 25.2. The molecule has 7 heteroatoms. The number of nitrogens with zero attached hydrogens (tertiary/aromatic N) is 1. The number of anilines is 1. The van der Waals surface area contributed by atoms with Crippen LogP contribution in [0.4, 0.5) is 5.69 Å². The van der Waals surface area contributed by atoms with Gasteiger partial charge in [-0.3, -0.25) is 9.59 Å². The van der Waals surface area contributed by atoms with Gasteiger partial charge in [0.2, 0.25) is 11.8 Å². The summed E-state index contributed by atoms with van der Waals surface area (Å²) in [5.41, 5.74) is 1.26. The molecule has 1 aliphatic heterocycles. The Morgan fingerprint density at radius 3 is 2.50 bits per heavy atom. The Hall–Kier alpha value is -1.89. The minimum absolute atomic E-state index is 0.0213. The molecule has 0 saturated heterocycles. The molecule has 0 fully saturated rings. The summed E-state index contributed by atoms with van der Waals surface area (Å²) in [6, 6.07) is 4.90. The highest BCUT2D eigenvalue weighted by Gasteiger charge is 2.31. The van der Waals surface area contributed by atoms with E-state index in [0.29, 0.717) is 12.8 Å². The first kappa shape index (κ1) is 20.4. The van der Waals surface area contributed by atoms with Crippen molar-refractivity contribution in [3.63, 3.8) is 0 Å². The van der Waals surface area contributed by atoms with Gasteiger partial charge >= 0.3 is 0 Å². The molecule has 0 aromatic heterocycles. The van der Waals surface area contributed by atoms with Gasteiger partial charge in [0.25, 0.3) is 0 Å². The van der Waals surface area contributed by atoms with Crippen molar-refractivity contribution >= 4 is 27.3 Å². The molecule has 0 saturated carbocycles. The summed E-state index contributed by atoms with van der Waals surface area (Å²) in [6.07, 6.45) is 0.967. The van der Waals surface area contributed by atoms with Crippen LogP contribution in [0.25, 0.3) is 0 Å².